The molecule has 0 fully saturated rings. The van der Waals surface area contributed by atoms with Gasteiger partial charge in [0, 0.05) is 29.0 Å². The van der Waals surface area contributed by atoms with Gasteiger partial charge in [-0.1, -0.05) is 6.08 Å². The third-order valence-electron chi connectivity index (χ3n) is 4.51. The summed E-state index contributed by atoms with van der Waals surface area (Å²) in [6.45, 7) is 6.29. The van der Waals surface area contributed by atoms with Crippen LogP contribution in [0.15, 0.2) is 48.6 Å². The Balaban J connectivity index is 1.74. The lowest BCUT2D eigenvalue weighted by atomic mass is 9.91. The molecule has 5 nitrogen and oxygen atoms in total. The maximum Gasteiger partial charge on any atom is 0.336 e. The first kappa shape index (κ1) is 19.5. The Bertz CT molecular complexity index is 957. The fourth-order valence-corrected chi connectivity index (χ4v) is 3.29. The van der Waals surface area contributed by atoms with Gasteiger partial charge >= 0.3 is 5.97 Å². The number of carbonyl (C=O) groups is 1. The second kappa shape index (κ2) is 7.80. The Hall–Kier alpha value is -3.21. The molecule has 0 aromatic heterocycles. The molecular weight excluding hydrogens is 354 g/mol. The molecule has 3 rings (SSSR count). The van der Waals surface area contributed by atoms with E-state index in [1.165, 1.54) is 6.08 Å². The molecule has 146 valence electrons. The molecule has 0 saturated heterocycles. The zero-order valence-electron chi connectivity index (χ0n) is 16.8. The number of esters is 1. The van der Waals surface area contributed by atoms with Crippen LogP contribution in [0.1, 0.15) is 31.9 Å². The van der Waals surface area contributed by atoms with E-state index in [0.717, 1.165) is 22.4 Å². The van der Waals surface area contributed by atoms with E-state index in [4.69, 9.17) is 14.2 Å². The smallest absolute Gasteiger partial charge is 0.336 e. The van der Waals surface area contributed by atoms with E-state index in [1.807, 2.05) is 18.2 Å². The van der Waals surface area contributed by atoms with Crippen molar-refractivity contribution in [2.24, 2.45) is 0 Å². The van der Waals surface area contributed by atoms with Crippen LogP contribution < -0.4 is 19.5 Å². The molecule has 0 unspecified atom stereocenters. The summed E-state index contributed by atoms with van der Waals surface area (Å²) in [5, 5.41) is 3.46. The van der Waals surface area contributed by atoms with E-state index >= 15 is 0 Å². The lowest BCUT2D eigenvalue weighted by molar-refractivity contribution is -0.128. The van der Waals surface area contributed by atoms with E-state index in [0.29, 0.717) is 17.2 Å². The Labute approximate surface area is 165 Å². The number of methoxy groups -OCH3 is 2. The molecule has 0 bridgehead atoms. The quantitative estimate of drug-likeness (QED) is 0.453. The van der Waals surface area contributed by atoms with E-state index < -0.39 is 5.97 Å². The van der Waals surface area contributed by atoms with E-state index in [9.17, 15) is 4.79 Å². The van der Waals surface area contributed by atoms with E-state index in [2.05, 4.69) is 32.2 Å². The summed E-state index contributed by atoms with van der Waals surface area (Å²) >= 11 is 0. The molecule has 1 N–H and O–H groups in total. The van der Waals surface area contributed by atoms with Crippen molar-refractivity contribution in [1.82, 2.24) is 0 Å². The molecule has 0 aliphatic carbocycles. The van der Waals surface area contributed by atoms with Crippen molar-refractivity contribution in [2.45, 2.75) is 26.3 Å². The topological polar surface area (TPSA) is 56.8 Å². The standard InChI is InChI=1S/C23H25NO4/c1-15-14-23(2,3)24-20-10-9-18(12-19(15)20)28-22(25)11-7-16-6-8-17(26-4)13-21(16)27-5/h6-14,24H,1-5H3. The number of rotatable bonds is 5. The summed E-state index contributed by atoms with van der Waals surface area (Å²) in [5.41, 5.74) is 3.87. The monoisotopic (exact) mass is 379 g/mol. The summed E-state index contributed by atoms with van der Waals surface area (Å²) in [7, 11) is 3.16. The van der Waals surface area contributed by atoms with Crippen LogP contribution in [0.2, 0.25) is 0 Å². The highest BCUT2D eigenvalue weighted by atomic mass is 16.5. The third-order valence-corrected chi connectivity index (χ3v) is 4.51. The zero-order valence-corrected chi connectivity index (χ0v) is 16.8. The van der Waals surface area contributed by atoms with Crippen molar-refractivity contribution in [3.63, 3.8) is 0 Å². The number of hydrogen-bond acceptors (Lipinski definition) is 5. The lowest BCUT2D eigenvalue weighted by Gasteiger charge is -2.31. The Morgan fingerprint density at radius 1 is 1.04 bits per heavy atom. The van der Waals surface area contributed by atoms with Crippen molar-refractivity contribution in [3.05, 3.63) is 59.7 Å². The molecule has 1 aliphatic heterocycles. The molecule has 28 heavy (non-hydrogen) atoms. The minimum absolute atomic E-state index is 0.102. The molecule has 0 saturated carbocycles. The average molecular weight is 379 g/mol. The predicted molar refractivity (Wildman–Crippen MR) is 112 cm³/mol. The maximum atomic E-state index is 12.3. The minimum Gasteiger partial charge on any atom is -0.497 e. The third kappa shape index (κ3) is 4.36. The minimum atomic E-state index is -0.455. The van der Waals surface area contributed by atoms with Crippen molar-refractivity contribution < 1.29 is 19.0 Å². The largest absolute Gasteiger partial charge is 0.497 e. The summed E-state index contributed by atoms with van der Waals surface area (Å²) < 4.78 is 16.0. The van der Waals surface area contributed by atoms with Gasteiger partial charge in [-0.05, 0) is 62.8 Å². The van der Waals surface area contributed by atoms with Gasteiger partial charge in [-0.15, -0.1) is 0 Å². The van der Waals surface area contributed by atoms with Crippen molar-refractivity contribution in [2.75, 3.05) is 19.5 Å². The molecule has 0 radical (unpaired) electrons. The van der Waals surface area contributed by atoms with Crippen LogP contribution in [0.25, 0.3) is 11.6 Å². The highest BCUT2D eigenvalue weighted by Gasteiger charge is 2.22. The number of fused-ring (bicyclic) bond motifs is 1. The second-order valence-electron chi connectivity index (χ2n) is 7.24. The number of allylic oxidation sites excluding steroid dienone is 1. The summed E-state index contributed by atoms with van der Waals surface area (Å²) in [6.07, 6.45) is 5.21. The van der Waals surface area contributed by atoms with Gasteiger partial charge in [0.2, 0.25) is 0 Å². The van der Waals surface area contributed by atoms with Gasteiger partial charge in [0.05, 0.1) is 19.8 Å². The summed E-state index contributed by atoms with van der Waals surface area (Å²) in [4.78, 5) is 12.3. The van der Waals surface area contributed by atoms with Crippen LogP contribution in [-0.4, -0.2) is 25.7 Å². The van der Waals surface area contributed by atoms with Gasteiger partial charge in [-0.2, -0.15) is 0 Å². The van der Waals surface area contributed by atoms with Crippen molar-refractivity contribution in [1.29, 1.82) is 0 Å². The SMILES string of the molecule is COc1ccc(C=CC(=O)Oc2ccc3c(c2)C(C)=CC(C)(C)N3)c(OC)c1. The predicted octanol–water partition coefficient (Wildman–Crippen LogP) is 4.93. The molecule has 0 atom stereocenters. The van der Waals surface area contributed by atoms with Gasteiger partial charge in [-0.3, -0.25) is 0 Å². The fraction of sp³-hybridized carbons (Fsp3) is 0.261. The van der Waals surface area contributed by atoms with Gasteiger partial charge in [0.1, 0.15) is 17.2 Å². The molecule has 2 aromatic rings. The molecule has 5 heteroatoms. The number of ether oxygens (including phenoxy) is 3. The average Bonchev–Trinajstić information content (AvgIpc) is 2.66. The Kier molecular flexibility index (Phi) is 5.45. The normalized spacial score (nSPS) is 14.7. The van der Waals surface area contributed by atoms with Gasteiger partial charge in [0.15, 0.2) is 0 Å². The molecule has 0 spiro atoms. The summed E-state index contributed by atoms with van der Waals surface area (Å²) in [6, 6.07) is 11.0. The molecule has 0 amide bonds. The molecular formula is C23H25NO4. The van der Waals surface area contributed by atoms with Crippen molar-refractivity contribution in [3.8, 4) is 17.2 Å². The Morgan fingerprint density at radius 2 is 1.79 bits per heavy atom. The van der Waals surface area contributed by atoms with Gasteiger partial charge in [0.25, 0.3) is 0 Å². The van der Waals surface area contributed by atoms with Crippen LogP contribution in [0, 0.1) is 0 Å². The molecule has 1 aliphatic rings. The zero-order chi connectivity index (χ0) is 20.3. The first-order valence-corrected chi connectivity index (χ1v) is 9.05. The highest BCUT2D eigenvalue weighted by Crippen LogP contribution is 2.35. The summed E-state index contributed by atoms with van der Waals surface area (Å²) in [5.74, 6) is 1.35. The van der Waals surface area contributed by atoms with E-state index in [1.54, 1.807) is 38.5 Å². The van der Waals surface area contributed by atoms with Crippen LogP contribution >= 0.6 is 0 Å². The number of nitrogens with one attached hydrogen (secondary N) is 1. The van der Waals surface area contributed by atoms with Gasteiger partial charge < -0.3 is 19.5 Å². The van der Waals surface area contributed by atoms with Crippen LogP contribution in [0.4, 0.5) is 5.69 Å². The van der Waals surface area contributed by atoms with Crippen LogP contribution in [0.5, 0.6) is 17.2 Å². The van der Waals surface area contributed by atoms with Crippen molar-refractivity contribution >= 4 is 23.3 Å². The molecule has 2 aromatic carbocycles. The van der Waals surface area contributed by atoms with Gasteiger partial charge in [-0.25, -0.2) is 4.79 Å². The number of anilines is 1. The first-order chi connectivity index (χ1) is 13.3. The number of hydrogen-bond donors (Lipinski definition) is 1. The Morgan fingerprint density at radius 3 is 2.50 bits per heavy atom. The molecule has 1 heterocycles. The van der Waals surface area contributed by atoms with E-state index in [-0.39, 0.29) is 5.54 Å². The lowest BCUT2D eigenvalue weighted by Crippen LogP contribution is -2.31. The second-order valence-corrected chi connectivity index (χ2v) is 7.24. The highest BCUT2D eigenvalue weighted by molar-refractivity contribution is 5.90. The number of benzene rings is 2. The van der Waals surface area contributed by atoms with Crippen LogP contribution in [-0.2, 0) is 4.79 Å². The van der Waals surface area contributed by atoms with Crippen LogP contribution in [0.3, 0.4) is 0 Å². The maximum absolute atomic E-state index is 12.3. The number of carbonyl (C=O) groups excluding carboxylic acids is 1. The first-order valence-electron chi connectivity index (χ1n) is 9.05. The fourth-order valence-electron chi connectivity index (χ4n) is 3.29.